The van der Waals surface area contributed by atoms with Gasteiger partial charge in [-0.15, -0.1) is 0 Å². The molecule has 0 aromatic carbocycles. The number of likely N-dealkylation sites (tertiary alicyclic amines) is 1. The van der Waals surface area contributed by atoms with Gasteiger partial charge in [-0.25, -0.2) is 13.6 Å². The van der Waals surface area contributed by atoms with Gasteiger partial charge < -0.3 is 10.0 Å². The van der Waals surface area contributed by atoms with Crippen LogP contribution < -0.4 is 0 Å². The number of hydrogen-bond acceptors (Lipinski definition) is 1. The number of carbonyl (C=O) groups is 1. The summed E-state index contributed by atoms with van der Waals surface area (Å²) >= 11 is 0. The summed E-state index contributed by atoms with van der Waals surface area (Å²) in [5, 5.41) is 8.52. The lowest BCUT2D eigenvalue weighted by molar-refractivity contribution is 0.0662. The van der Waals surface area contributed by atoms with Crippen LogP contribution in [0, 0.1) is 5.41 Å². The molecule has 5 heteroatoms. The molecule has 1 saturated carbocycles. The minimum Gasteiger partial charge on any atom is -0.465 e. The largest absolute Gasteiger partial charge is 0.465 e. The Morgan fingerprint density at radius 3 is 2.33 bits per heavy atom. The van der Waals surface area contributed by atoms with Crippen LogP contribution in [0.1, 0.15) is 12.8 Å². The topological polar surface area (TPSA) is 40.5 Å². The predicted octanol–water partition coefficient (Wildman–Crippen LogP) is 1.40. The highest BCUT2D eigenvalue weighted by Crippen LogP contribution is 2.64. The van der Waals surface area contributed by atoms with E-state index in [-0.39, 0.29) is 19.5 Å². The van der Waals surface area contributed by atoms with Crippen molar-refractivity contribution >= 4 is 6.09 Å². The second kappa shape index (κ2) is 1.89. The van der Waals surface area contributed by atoms with Crippen LogP contribution in [-0.4, -0.2) is 35.1 Å². The number of amides is 1. The number of halogens is 2. The molecule has 0 aromatic heterocycles. The molecule has 1 unspecified atom stereocenters. The van der Waals surface area contributed by atoms with Crippen molar-refractivity contribution in [2.45, 2.75) is 18.8 Å². The zero-order chi connectivity index (χ0) is 8.98. The van der Waals surface area contributed by atoms with Crippen molar-refractivity contribution in [1.29, 1.82) is 0 Å². The Kier molecular flexibility index (Phi) is 1.22. The van der Waals surface area contributed by atoms with Crippen LogP contribution in [-0.2, 0) is 0 Å². The molecule has 2 fully saturated rings. The minimum absolute atomic E-state index is 0.00926. The summed E-state index contributed by atoms with van der Waals surface area (Å²) in [5.41, 5.74) is -0.995. The van der Waals surface area contributed by atoms with E-state index in [9.17, 15) is 13.6 Å². The number of carboxylic acid groups (broad SMARTS) is 1. The summed E-state index contributed by atoms with van der Waals surface area (Å²) < 4.78 is 25.4. The van der Waals surface area contributed by atoms with Crippen molar-refractivity contribution in [3.8, 4) is 0 Å². The van der Waals surface area contributed by atoms with E-state index in [1.165, 1.54) is 0 Å². The van der Waals surface area contributed by atoms with E-state index in [1.807, 2.05) is 0 Å². The van der Waals surface area contributed by atoms with Crippen LogP contribution in [0.2, 0.25) is 0 Å². The van der Waals surface area contributed by atoms with Gasteiger partial charge in [0.15, 0.2) is 0 Å². The summed E-state index contributed by atoms with van der Waals surface area (Å²) in [5.74, 6) is -2.61. The van der Waals surface area contributed by atoms with Crippen LogP contribution >= 0.6 is 0 Å². The molecule has 0 radical (unpaired) electrons. The molecule has 68 valence electrons. The standard InChI is InChI=1S/C7H9F2NO2/c8-7(9)3-6(7)1-2-10(4-6)5(11)12/h1-4H2,(H,11,12). The fraction of sp³-hybridized carbons (Fsp3) is 0.857. The minimum atomic E-state index is -2.61. The molecule has 12 heavy (non-hydrogen) atoms. The summed E-state index contributed by atoms with van der Waals surface area (Å²) in [4.78, 5) is 11.5. The first-order valence-electron chi connectivity index (χ1n) is 3.83. The zero-order valence-electron chi connectivity index (χ0n) is 6.39. The fourth-order valence-corrected chi connectivity index (χ4v) is 1.86. The third-order valence-electron chi connectivity index (χ3n) is 2.84. The lowest BCUT2D eigenvalue weighted by Gasteiger charge is -2.10. The van der Waals surface area contributed by atoms with Crippen LogP contribution in [0.25, 0.3) is 0 Å². The van der Waals surface area contributed by atoms with Crippen LogP contribution in [0.5, 0.6) is 0 Å². The lowest BCUT2D eigenvalue weighted by atomic mass is 10.1. The monoisotopic (exact) mass is 177 g/mol. The first-order valence-corrected chi connectivity index (χ1v) is 3.83. The lowest BCUT2D eigenvalue weighted by Crippen LogP contribution is -2.28. The van der Waals surface area contributed by atoms with E-state index in [0.717, 1.165) is 4.90 Å². The van der Waals surface area contributed by atoms with Gasteiger partial charge in [-0.1, -0.05) is 0 Å². The number of alkyl halides is 2. The van der Waals surface area contributed by atoms with Crippen LogP contribution in [0.4, 0.5) is 13.6 Å². The second-order valence-corrected chi connectivity index (χ2v) is 3.62. The van der Waals surface area contributed by atoms with Gasteiger partial charge >= 0.3 is 6.09 Å². The molecule has 0 bridgehead atoms. The molecular weight excluding hydrogens is 168 g/mol. The van der Waals surface area contributed by atoms with Gasteiger partial charge in [0.25, 0.3) is 5.92 Å². The van der Waals surface area contributed by atoms with E-state index in [1.54, 1.807) is 0 Å². The molecular formula is C7H9F2NO2. The number of rotatable bonds is 0. The fourth-order valence-electron chi connectivity index (χ4n) is 1.86. The van der Waals surface area contributed by atoms with Crippen LogP contribution in [0.15, 0.2) is 0 Å². The SMILES string of the molecule is O=C(O)N1CCC2(C1)CC2(F)F. The summed E-state index contributed by atoms with van der Waals surface area (Å²) in [6.45, 7) is 0.264. The zero-order valence-corrected chi connectivity index (χ0v) is 6.39. The molecule has 3 nitrogen and oxygen atoms in total. The van der Waals surface area contributed by atoms with E-state index < -0.39 is 17.4 Å². The second-order valence-electron chi connectivity index (χ2n) is 3.62. The Hall–Kier alpha value is -0.870. The maximum atomic E-state index is 12.7. The Labute approximate surface area is 68.0 Å². The van der Waals surface area contributed by atoms with Crippen molar-refractivity contribution in [3.63, 3.8) is 0 Å². The highest BCUT2D eigenvalue weighted by molar-refractivity contribution is 5.65. The molecule has 1 N–H and O–H groups in total. The maximum absolute atomic E-state index is 12.7. The third kappa shape index (κ3) is 0.820. The Morgan fingerprint density at radius 2 is 2.08 bits per heavy atom. The highest BCUT2D eigenvalue weighted by Gasteiger charge is 2.73. The van der Waals surface area contributed by atoms with Gasteiger partial charge in [-0.05, 0) is 6.42 Å². The van der Waals surface area contributed by atoms with Crippen molar-refractivity contribution in [3.05, 3.63) is 0 Å². The third-order valence-corrected chi connectivity index (χ3v) is 2.84. The molecule has 1 aliphatic carbocycles. The maximum Gasteiger partial charge on any atom is 0.407 e. The average Bonchev–Trinajstić information content (AvgIpc) is 2.38. The van der Waals surface area contributed by atoms with Crippen molar-refractivity contribution in [1.82, 2.24) is 4.90 Å². The molecule has 0 aromatic rings. The molecule has 1 heterocycles. The molecule has 2 aliphatic rings. The Balaban J connectivity index is 2.05. The summed E-state index contributed by atoms with van der Waals surface area (Å²) in [7, 11) is 0. The van der Waals surface area contributed by atoms with Gasteiger partial charge in [0.2, 0.25) is 0 Å². The first kappa shape index (κ1) is 7.76. The molecule has 1 amide bonds. The van der Waals surface area contributed by atoms with Crippen LogP contribution in [0.3, 0.4) is 0 Å². The first-order chi connectivity index (χ1) is 5.47. The quantitative estimate of drug-likeness (QED) is 0.607. The van der Waals surface area contributed by atoms with Gasteiger partial charge in [-0.2, -0.15) is 0 Å². The number of nitrogens with zero attached hydrogens (tertiary/aromatic N) is 1. The molecule has 1 atom stereocenters. The average molecular weight is 177 g/mol. The molecule has 1 spiro atoms. The van der Waals surface area contributed by atoms with Gasteiger partial charge in [0.1, 0.15) is 0 Å². The Bertz CT molecular complexity index is 244. The molecule has 1 saturated heterocycles. The van der Waals surface area contributed by atoms with Crippen molar-refractivity contribution < 1.29 is 18.7 Å². The van der Waals surface area contributed by atoms with Gasteiger partial charge in [0, 0.05) is 19.5 Å². The van der Waals surface area contributed by atoms with Gasteiger partial charge in [0.05, 0.1) is 5.41 Å². The summed E-state index contributed by atoms with van der Waals surface area (Å²) in [6, 6.07) is 0. The van der Waals surface area contributed by atoms with Crippen molar-refractivity contribution in [2.24, 2.45) is 5.41 Å². The normalized spacial score (nSPS) is 37.3. The Morgan fingerprint density at radius 1 is 1.50 bits per heavy atom. The molecule has 2 rings (SSSR count). The predicted molar refractivity (Wildman–Crippen MR) is 36.2 cm³/mol. The molecule has 1 aliphatic heterocycles. The van der Waals surface area contributed by atoms with E-state index in [4.69, 9.17) is 5.11 Å². The number of hydrogen-bond donors (Lipinski definition) is 1. The van der Waals surface area contributed by atoms with E-state index in [2.05, 4.69) is 0 Å². The highest BCUT2D eigenvalue weighted by atomic mass is 19.3. The summed E-state index contributed by atoms with van der Waals surface area (Å²) in [6.07, 6.45) is -0.912. The van der Waals surface area contributed by atoms with E-state index >= 15 is 0 Å². The smallest absolute Gasteiger partial charge is 0.407 e. The van der Waals surface area contributed by atoms with Gasteiger partial charge in [-0.3, -0.25) is 0 Å². The van der Waals surface area contributed by atoms with Crippen molar-refractivity contribution in [2.75, 3.05) is 13.1 Å². The van der Waals surface area contributed by atoms with E-state index in [0.29, 0.717) is 6.42 Å².